The average Bonchev–Trinajstić information content (AvgIpc) is 2.87. The van der Waals surface area contributed by atoms with E-state index >= 15 is 0 Å². The lowest BCUT2D eigenvalue weighted by molar-refractivity contribution is 0.233. The molecule has 0 amide bonds. The van der Waals surface area contributed by atoms with Crippen LogP contribution in [0.5, 0.6) is 0 Å². The first-order valence-electron chi connectivity index (χ1n) is 6.41. The van der Waals surface area contributed by atoms with E-state index in [0.717, 1.165) is 0 Å². The van der Waals surface area contributed by atoms with Crippen LogP contribution < -0.4 is 5.32 Å². The molecular formula is C14H17F2N3O. The van der Waals surface area contributed by atoms with Crippen molar-refractivity contribution in [2.24, 2.45) is 5.92 Å². The van der Waals surface area contributed by atoms with Gasteiger partial charge in [0, 0.05) is 25.3 Å². The third-order valence-electron chi connectivity index (χ3n) is 3.05. The fraction of sp³-hybridized carbons (Fsp3) is 0.357. The summed E-state index contributed by atoms with van der Waals surface area (Å²) in [5.74, 6) is -1.13. The van der Waals surface area contributed by atoms with Crippen molar-refractivity contribution in [3.8, 4) is 11.3 Å². The van der Waals surface area contributed by atoms with Gasteiger partial charge in [-0.1, -0.05) is 13.0 Å². The molecule has 0 radical (unpaired) electrons. The second-order valence-corrected chi connectivity index (χ2v) is 4.79. The summed E-state index contributed by atoms with van der Waals surface area (Å²) in [4.78, 5) is 0. The molecule has 1 heterocycles. The maximum atomic E-state index is 13.8. The Morgan fingerprint density at radius 2 is 2.05 bits per heavy atom. The number of nitrogens with zero attached hydrogens (tertiary/aromatic N) is 1. The van der Waals surface area contributed by atoms with Crippen molar-refractivity contribution < 1.29 is 13.9 Å². The summed E-state index contributed by atoms with van der Waals surface area (Å²) in [7, 11) is 0. The number of nitrogens with one attached hydrogen (secondary N) is 2. The van der Waals surface area contributed by atoms with Crippen molar-refractivity contribution in [3.63, 3.8) is 0 Å². The third-order valence-corrected chi connectivity index (χ3v) is 3.05. The molecule has 0 spiro atoms. The molecular weight excluding hydrogens is 264 g/mol. The molecule has 1 aromatic carbocycles. The van der Waals surface area contributed by atoms with Gasteiger partial charge < -0.3 is 10.4 Å². The van der Waals surface area contributed by atoms with Crippen molar-refractivity contribution in [1.82, 2.24) is 15.5 Å². The number of benzene rings is 1. The molecule has 0 aliphatic heterocycles. The second kappa shape index (κ2) is 6.58. The Balaban J connectivity index is 2.16. The van der Waals surface area contributed by atoms with Gasteiger partial charge in [0.05, 0.1) is 17.5 Å². The van der Waals surface area contributed by atoms with Crippen LogP contribution in [0.3, 0.4) is 0 Å². The van der Waals surface area contributed by atoms with Crippen LogP contribution in [0.4, 0.5) is 8.78 Å². The molecule has 2 rings (SSSR count). The van der Waals surface area contributed by atoms with Gasteiger partial charge in [0.25, 0.3) is 0 Å². The Morgan fingerprint density at radius 3 is 2.70 bits per heavy atom. The first-order valence-corrected chi connectivity index (χ1v) is 6.41. The van der Waals surface area contributed by atoms with Gasteiger partial charge in [-0.05, 0) is 18.1 Å². The molecule has 0 saturated carbocycles. The Morgan fingerprint density at radius 1 is 1.35 bits per heavy atom. The monoisotopic (exact) mass is 281 g/mol. The summed E-state index contributed by atoms with van der Waals surface area (Å²) >= 11 is 0. The lowest BCUT2D eigenvalue weighted by atomic mass is 10.1. The number of rotatable bonds is 6. The maximum Gasteiger partial charge on any atom is 0.135 e. The van der Waals surface area contributed by atoms with E-state index in [1.165, 1.54) is 24.4 Å². The highest BCUT2D eigenvalue weighted by molar-refractivity contribution is 5.64. The van der Waals surface area contributed by atoms with Crippen LogP contribution in [0.15, 0.2) is 24.4 Å². The van der Waals surface area contributed by atoms with Gasteiger partial charge in [-0.3, -0.25) is 5.10 Å². The van der Waals surface area contributed by atoms with Crippen molar-refractivity contribution in [2.75, 3.05) is 13.2 Å². The summed E-state index contributed by atoms with van der Waals surface area (Å²) in [6.07, 6.45) is 1.54. The Kier molecular flexibility index (Phi) is 4.81. The molecule has 0 fully saturated rings. The minimum absolute atomic E-state index is 0.0905. The minimum atomic E-state index is -0.626. The van der Waals surface area contributed by atoms with E-state index in [1.807, 2.05) is 6.92 Å². The molecule has 2 aromatic rings. The van der Waals surface area contributed by atoms with Gasteiger partial charge in [-0.2, -0.15) is 5.10 Å². The second-order valence-electron chi connectivity index (χ2n) is 4.79. The van der Waals surface area contributed by atoms with E-state index < -0.39 is 11.6 Å². The first kappa shape index (κ1) is 14.6. The molecule has 0 saturated heterocycles. The predicted octanol–water partition coefficient (Wildman–Crippen LogP) is 2.07. The van der Waals surface area contributed by atoms with Crippen molar-refractivity contribution in [1.29, 1.82) is 0 Å². The highest BCUT2D eigenvalue weighted by atomic mass is 19.1. The van der Waals surface area contributed by atoms with E-state index in [2.05, 4.69) is 15.5 Å². The standard InChI is InChI=1S/C14H17F2N3O/c1-9(8-20)5-17-6-10-7-18-19-14(10)13-11(15)3-2-4-12(13)16/h2-4,7,9,17,20H,5-6,8H2,1H3,(H,18,19). The minimum Gasteiger partial charge on any atom is -0.396 e. The number of aromatic amines is 1. The molecule has 1 unspecified atom stereocenters. The fourth-order valence-electron chi connectivity index (χ4n) is 1.92. The van der Waals surface area contributed by atoms with Crippen molar-refractivity contribution >= 4 is 0 Å². The zero-order chi connectivity index (χ0) is 14.5. The summed E-state index contributed by atoms with van der Waals surface area (Å²) < 4.78 is 27.5. The highest BCUT2D eigenvalue weighted by Crippen LogP contribution is 2.26. The topological polar surface area (TPSA) is 60.9 Å². The van der Waals surface area contributed by atoms with Crippen molar-refractivity contribution in [2.45, 2.75) is 13.5 Å². The summed E-state index contributed by atoms with van der Waals surface area (Å²) in [5, 5.41) is 18.5. The molecule has 0 aliphatic rings. The van der Waals surface area contributed by atoms with E-state index in [1.54, 1.807) is 0 Å². The van der Waals surface area contributed by atoms with E-state index in [4.69, 9.17) is 5.11 Å². The Bertz CT molecular complexity index is 551. The van der Waals surface area contributed by atoms with E-state index in [-0.39, 0.29) is 18.1 Å². The number of H-pyrrole nitrogens is 1. The van der Waals surface area contributed by atoms with Crippen molar-refractivity contribution in [3.05, 3.63) is 41.6 Å². The van der Waals surface area contributed by atoms with Gasteiger partial charge in [0.15, 0.2) is 0 Å². The van der Waals surface area contributed by atoms with Crippen LogP contribution in [0.25, 0.3) is 11.3 Å². The number of aliphatic hydroxyl groups is 1. The Hall–Kier alpha value is -1.79. The lowest BCUT2D eigenvalue weighted by Gasteiger charge is -2.10. The van der Waals surface area contributed by atoms with Gasteiger partial charge in [0.2, 0.25) is 0 Å². The zero-order valence-corrected chi connectivity index (χ0v) is 11.2. The Labute approximate surface area is 115 Å². The lowest BCUT2D eigenvalue weighted by Crippen LogP contribution is -2.22. The average molecular weight is 281 g/mol. The first-order chi connectivity index (χ1) is 9.63. The number of halogens is 2. The van der Waals surface area contributed by atoms with Gasteiger partial charge >= 0.3 is 0 Å². The van der Waals surface area contributed by atoms with Crippen LogP contribution in [-0.2, 0) is 6.54 Å². The summed E-state index contributed by atoms with van der Waals surface area (Å²) in [6.45, 7) is 3.03. The molecule has 6 heteroatoms. The smallest absolute Gasteiger partial charge is 0.135 e. The van der Waals surface area contributed by atoms with Gasteiger partial charge in [-0.15, -0.1) is 0 Å². The molecule has 4 nitrogen and oxygen atoms in total. The molecule has 1 atom stereocenters. The van der Waals surface area contributed by atoms with E-state index in [0.29, 0.717) is 24.3 Å². The normalized spacial score (nSPS) is 12.6. The van der Waals surface area contributed by atoms with Crippen LogP contribution in [-0.4, -0.2) is 28.5 Å². The number of aliphatic hydroxyl groups excluding tert-OH is 1. The molecule has 3 N–H and O–H groups in total. The van der Waals surface area contributed by atoms with E-state index in [9.17, 15) is 8.78 Å². The molecule has 0 bridgehead atoms. The fourth-order valence-corrected chi connectivity index (χ4v) is 1.92. The number of hydrogen-bond donors (Lipinski definition) is 3. The quantitative estimate of drug-likeness (QED) is 0.759. The molecule has 0 aliphatic carbocycles. The van der Waals surface area contributed by atoms with Gasteiger partial charge in [-0.25, -0.2) is 8.78 Å². The van der Waals surface area contributed by atoms with Gasteiger partial charge in [0.1, 0.15) is 11.6 Å². The largest absolute Gasteiger partial charge is 0.396 e. The third kappa shape index (κ3) is 3.20. The van der Waals surface area contributed by atoms with Crippen LogP contribution in [0, 0.1) is 17.6 Å². The predicted molar refractivity (Wildman–Crippen MR) is 71.9 cm³/mol. The van der Waals surface area contributed by atoms with Crippen LogP contribution in [0.2, 0.25) is 0 Å². The zero-order valence-electron chi connectivity index (χ0n) is 11.2. The van der Waals surface area contributed by atoms with Crippen LogP contribution in [0.1, 0.15) is 12.5 Å². The molecule has 108 valence electrons. The molecule has 1 aromatic heterocycles. The number of hydrogen-bond acceptors (Lipinski definition) is 3. The highest BCUT2D eigenvalue weighted by Gasteiger charge is 2.16. The molecule has 20 heavy (non-hydrogen) atoms. The SMILES string of the molecule is CC(CO)CNCc1cn[nH]c1-c1c(F)cccc1F. The number of aromatic nitrogens is 2. The summed E-state index contributed by atoms with van der Waals surface area (Å²) in [5.41, 5.74) is 0.917. The summed E-state index contributed by atoms with van der Waals surface area (Å²) in [6, 6.07) is 3.75. The maximum absolute atomic E-state index is 13.8. The van der Waals surface area contributed by atoms with Crippen LogP contribution >= 0.6 is 0 Å².